The lowest BCUT2D eigenvalue weighted by Gasteiger charge is -2.06. The van der Waals surface area contributed by atoms with Gasteiger partial charge in [0.25, 0.3) is 0 Å². The molecular formula is C10H7BrClNOS. The molecule has 1 aromatic heterocycles. The molecule has 1 aromatic carbocycles. The van der Waals surface area contributed by atoms with E-state index in [1.165, 1.54) is 11.3 Å². The van der Waals surface area contributed by atoms with Crippen molar-refractivity contribution in [2.45, 2.75) is 0 Å². The van der Waals surface area contributed by atoms with Gasteiger partial charge in [-0.2, -0.15) is 0 Å². The highest BCUT2D eigenvalue weighted by molar-refractivity contribution is 9.11. The average molecular weight is 305 g/mol. The molecule has 2 aromatic rings. The van der Waals surface area contributed by atoms with Crippen LogP contribution in [0, 0.1) is 0 Å². The third kappa shape index (κ3) is 2.17. The first-order valence-corrected chi connectivity index (χ1v) is 6.20. The fourth-order valence-electron chi connectivity index (χ4n) is 1.27. The number of hydrogen-bond donors (Lipinski definition) is 0. The van der Waals surface area contributed by atoms with E-state index in [0.29, 0.717) is 5.02 Å². The Kier molecular flexibility index (Phi) is 3.29. The van der Waals surface area contributed by atoms with E-state index in [2.05, 4.69) is 20.9 Å². The van der Waals surface area contributed by atoms with Crippen LogP contribution in [0.1, 0.15) is 0 Å². The Labute approximate surface area is 105 Å². The van der Waals surface area contributed by atoms with Crippen LogP contribution in [0.5, 0.6) is 5.75 Å². The molecule has 0 aliphatic rings. The van der Waals surface area contributed by atoms with Gasteiger partial charge in [0.15, 0.2) is 0 Å². The van der Waals surface area contributed by atoms with Crippen molar-refractivity contribution in [1.82, 2.24) is 4.98 Å². The quantitative estimate of drug-likeness (QED) is 0.828. The summed E-state index contributed by atoms with van der Waals surface area (Å²) in [6.07, 6.45) is 0. The van der Waals surface area contributed by atoms with Crippen molar-refractivity contribution < 1.29 is 4.74 Å². The minimum atomic E-state index is 0.672. The van der Waals surface area contributed by atoms with Crippen LogP contribution in [0.15, 0.2) is 27.5 Å². The summed E-state index contributed by atoms with van der Waals surface area (Å²) in [7, 11) is 1.63. The van der Waals surface area contributed by atoms with Gasteiger partial charge in [0, 0.05) is 10.6 Å². The Morgan fingerprint density at radius 3 is 2.87 bits per heavy atom. The van der Waals surface area contributed by atoms with Crippen LogP contribution in [0.25, 0.3) is 11.3 Å². The highest BCUT2D eigenvalue weighted by Crippen LogP contribution is 2.37. The molecule has 0 spiro atoms. The monoisotopic (exact) mass is 303 g/mol. The molecule has 0 N–H and O–H groups in total. The van der Waals surface area contributed by atoms with Gasteiger partial charge in [0.05, 0.1) is 22.1 Å². The van der Waals surface area contributed by atoms with E-state index in [-0.39, 0.29) is 0 Å². The Balaban J connectivity index is 2.60. The Morgan fingerprint density at radius 2 is 2.27 bits per heavy atom. The number of thiazole rings is 1. The normalized spacial score (nSPS) is 10.3. The van der Waals surface area contributed by atoms with Crippen molar-refractivity contribution in [2.75, 3.05) is 7.11 Å². The number of nitrogens with zero attached hydrogens (tertiary/aromatic N) is 1. The molecule has 0 atom stereocenters. The van der Waals surface area contributed by atoms with Gasteiger partial charge in [0.1, 0.15) is 5.75 Å². The zero-order chi connectivity index (χ0) is 10.8. The molecule has 0 bridgehead atoms. The van der Waals surface area contributed by atoms with E-state index in [4.69, 9.17) is 16.3 Å². The maximum atomic E-state index is 5.95. The summed E-state index contributed by atoms with van der Waals surface area (Å²) in [4.78, 5) is 4.27. The van der Waals surface area contributed by atoms with E-state index in [0.717, 1.165) is 20.8 Å². The van der Waals surface area contributed by atoms with Crippen LogP contribution >= 0.6 is 38.9 Å². The molecule has 0 unspecified atom stereocenters. The second-order valence-electron chi connectivity index (χ2n) is 2.82. The molecule has 0 aliphatic heterocycles. The van der Waals surface area contributed by atoms with Gasteiger partial charge in [-0.1, -0.05) is 11.6 Å². The van der Waals surface area contributed by atoms with Crippen molar-refractivity contribution in [3.05, 3.63) is 32.5 Å². The first kappa shape index (κ1) is 10.9. The van der Waals surface area contributed by atoms with Crippen LogP contribution in [0.4, 0.5) is 0 Å². The number of hydrogen-bond acceptors (Lipinski definition) is 3. The van der Waals surface area contributed by atoms with Gasteiger partial charge in [-0.25, -0.2) is 4.98 Å². The summed E-state index contributed by atoms with van der Waals surface area (Å²) < 4.78 is 6.24. The zero-order valence-corrected chi connectivity index (χ0v) is 11.0. The highest BCUT2D eigenvalue weighted by atomic mass is 79.9. The first-order chi connectivity index (χ1) is 7.22. The predicted molar refractivity (Wildman–Crippen MR) is 66.8 cm³/mol. The molecule has 5 heteroatoms. The third-order valence-corrected chi connectivity index (χ3v) is 3.72. The van der Waals surface area contributed by atoms with E-state index in [9.17, 15) is 0 Å². The lowest BCUT2D eigenvalue weighted by molar-refractivity contribution is 0.416. The maximum absolute atomic E-state index is 5.95. The Morgan fingerprint density at radius 1 is 1.47 bits per heavy atom. The second-order valence-corrected chi connectivity index (χ2v) is 5.43. The predicted octanol–water partition coefficient (Wildman–Crippen LogP) is 4.23. The molecule has 15 heavy (non-hydrogen) atoms. The van der Waals surface area contributed by atoms with Crippen molar-refractivity contribution in [1.29, 1.82) is 0 Å². The van der Waals surface area contributed by atoms with E-state index < -0.39 is 0 Å². The number of benzene rings is 1. The number of methoxy groups -OCH3 is 1. The topological polar surface area (TPSA) is 22.1 Å². The standard InChI is InChI=1S/C10H7BrClNOS/c1-14-8-3-2-6(12)4-7(8)9-10(11)15-5-13-9/h2-5H,1H3. The van der Waals surface area contributed by atoms with Crippen molar-refractivity contribution in [3.8, 4) is 17.0 Å². The minimum Gasteiger partial charge on any atom is -0.496 e. The van der Waals surface area contributed by atoms with E-state index in [1.807, 2.05) is 12.1 Å². The van der Waals surface area contributed by atoms with Gasteiger partial charge in [-0.05, 0) is 34.1 Å². The molecule has 0 radical (unpaired) electrons. The number of ether oxygens (including phenoxy) is 1. The summed E-state index contributed by atoms with van der Waals surface area (Å²) in [6.45, 7) is 0. The van der Waals surface area contributed by atoms with Gasteiger partial charge in [-0.3, -0.25) is 0 Å². The van der Waals surface area contributed by atoms with Crippen LogP contribution in [-0.4, -0.2) is 12.1 Å². The smallest absolute Gasteiger partial charge is 0.128 e. The SMILES string of the molecule is COc1ccc(Cl)cc1-c1ncsc1Br. The second kappa shape index (κ2) is 4.51. The summed E-state index contributed by atoms with van der Waals surface area (Å²) >= 11 is 10.9. The van der Waals surface area contributed by atoms with Crippen molar-refractivity contribution in [3.63, 3.8) is 0 Å². The van der Waals surface area contributed by atoms with Crippen LogP contribution in [0.2, 0.25) is 5.02 Å². The summed E-state index contributed by atoms with van der Waals surface area (Å²) in [5, 5.41) is 0.672. The number of halogens is 2. The van der Waals surface area contributed by atoms with Gasteiger partial charge in [-0.15, -0.1) is 11.3 Å². The molecule has 1 heterocycles. The Hall–Kier alpha value is -0.580. The summed E-state index contributed by atoms with van der Waals surface area (Å²) in [5.74, 6) is 0.769. The fourth-order valence-corrected chi connectivity index (χ4v) is 2.54. The number of rotatable bonds is 2. The molecule has 2 nitrogen and oxygen atoms in total. The lowest BCUT2D eigenvalue weighted by atomic mass is 10.1. The average Bonchev–Trinajstić information content (AvgIpc) is 2.64. The molecule has 0 saturated heterocycles. The minimum absolute atomic E-state index is 0.672. The first-order valence-electron chi connectivity index (χ1n) is 4.15. The summed E-state index contributed by atoms with van der Waals surface area (Å²) in [6, 6.07) is 5.48. The Bertz CT molecular complexity index is 486. The third-order valence-electron chi connectivity index (χ3n) is 1.94. The summed E-state index contributed by atoms with van der Waals surface area (Å²) in [5.41, 5.74) is 3.54. The fraction of sp³-hybridized carbons (Fsp3) is 0.100. The molecule has 0 aliphatic carbocycles. The highest BCUT2D eigenvalue weighted by Gasteiger charge is 2.12. The lowest BCUT2D eigenvalue weighted by Crippen LogP contribution is -1.88. The molecule has 0 fully saturated rings. The van der Waals surface area contributed by atoms with Crippen LogP contribution in [0.3, 0.4) is 0 Å². The van der Waals surface area contributed by atoms with Crippen molar-refractivity contribution in [2.24, 2.45) is 0 Å². The molecule has 78 valence electrons. The van der Waals surface area contributed by atoms with Crippen molar-refractivity contribution >= 4 is 38.9 Å². The van der Waals surface area contributed by atoms with E-state index >= 15 is 0 Å². The van der Waals surface area contributed by atoms with E-state index in [1.54, 1.807) is 18.7 Å². The van der Waals surface area contributed by atoms with Crippen LogP contribution in [-0.2, 0) is 0 Å². The maximum Gasteiger partial charge on any atom is 0.128 e. The molecule has 0 saturated carbocycles. The van der Waals surface area contributed by atoms with Crippen LogP contribution < -0.4 is 4.74 Å². The molecule has 0 amide bonds. The van der Waals surface area contributed by atoms with Gasteiger partial charge >= 0.3 is 0 Å². The van der Waals surface area contributed by atoms with Gasteiger partial charge < -0.3 is 4.74 Å². The molecule has 2 rings (SSSR count). The zero-order valence-electron chi connectivity index (χ0n) is 7.83. The largest absolute Gasteiger partial charge is 0.496 e. The number of aromatic nitrogens is 1. The molecular weight excluding hydrogens is 298 g/mol. The van der Waals surface area contributed by atoms with Gasteiger partial charge in [0.2, 0.25) is 0 Å².